The van der Waals surface area contributed by atoms with E-state index in [4.69, 9.17) is 0 Å². The van der Waals surface area contributed by atoms with Crippen LogP contribution in [0.15, 0.2) is 24.3 Å². The number of benzene rings is 1. The molecule has 2 atom stereocenters. The third kappa shape index (κ3) is 1.50. The quantitative estimate of drug-likeness (QED) is 0.846. The largest absolute Gasteiger partial charge is 0.351 e. The summed E-state index contributed by atoms with van der Waals surface area (Å²) in [4.78, 5) is 18.3. The molecular weight excluding hydrogens is 246 g/mol. The van der Waals surface area contributed by atoms with Gasteiger partial charge in [0.25, 0.3) is 0 Å². The second-order valence-electron chi connectivity index (χ2n) is 5.01. The molecule has 2 aliphatic heterocycles. The van der Waals surface area contributed by atoms with Crippen molar-refractivity contribution in [1.82, 2.24) is 10.3 Å². The predicted octanol–water partition coefficient (Wildman–Crippen LogP) is 1.62. The van der Waals surface area contributed by atoms with Crippen LogP contribution in [0, 0.1) is 5.92 Å². The molecule has 2 aliphatic rings. The minimum atomic E-state index is 0.203. The van der Waals surface area contributed by atoms with Crippen molar-refractivity contribution in [1.29, 1.82) is 0 Å². The molecule has 4 nitrogen and oxygen atoms in total. The third-order valence-corrected chi connectivity index (χ3v) is 4.89. The summed E-state index contributed by atoms with van der Waals surface area (Å²) < 4.78 is 1.23. The number of carbonyl (C=O) groups is 1. The van der Waals surface area contributed by atoms with E-state index in [1.54, 1.807) is 11.3 Å². The molecule has 0 aliphatic carbocycles. The Labute approximate surface area is 109 Å². The molecule has 0 bridgehead atoms. The number of thiazole rings is 1. The van der Waals surface area contributed by atoms with Crippen LogP contribution in [0.25, 0.3) is 10.2 Å². The first-order valence-electron chi connectivity index (χ1n) is 6.19. The summed E-state index contributed by atoms with van der Waals surface area (Å²) in [6.45, 7) is 1.85. The molecular formula is C13H13N3OS. The summed E-state index contributed by atoms with van der Waals surface area (Å²) in [7, 11) is 0. The molecule has 0 spiro atoms. The third-order valence-electron chi connectivity index (χ3n) is 3.79. The zero-order chi connectivity index (χ0) is 12.1. The van der Waals surface area contributed by atoms with Crippen molar-refractivity contribution in [3.63, 3.8) is 0 Å². The van der Waals surface area contributed by atoms with Gasteiger partial charge in [-0.15, -0.1) is 0 Å². The number of hydrogen-bond acceptors (Lipinski definition) is 4. The van der Waals surface area contributed by atoms with E-state index in [2.05, 4.69) is 21.3 Å². The lowest BCUT2D eigenvalue weighted by molar-refractivity contribution is -0.119. The highest BCUT2D eigenvalue weighted by atomic mass is 32.1. The van der Waals surface area contributed by atoms with Crippen LogP contribution < -0.4 is 10.2 Å². The normalized spacial score (nSPS) is 26.7. The van der Waals surface area contributed by atoms with E-state index < -0.39 is 0 Å². The molecule has 18 heavy (non-hydrogen) atoms. The number of para-hydroxylation sites is 1. The zero-order valence-corrected chi connectivity index (χ0v) is 10.6. The topological polar surface area (TPSA) is 45.2 Å². The van der Waals surface area contributed by atoms with Crippen molar-refractivity contribution in [3.05, 3.63) is 24.3 Å². The molecule has 1 amide bonds. The Balaban J connectivity index is 1.63. The predicted molar refractivity (Wildman–Crippen MR) is 71.9 cm³/mol. The molecule has 2 fully saturated rings. The van der Waals surface area contributed by atoms with E-state index in [1.165, 1.54) is 4.70 Å². The summed E-state index contributed by atoms with van der Waals surface area (Å²) in [6, 6.07) is 8.54. The van der Waals surface area contributed by atoms with Crippen molar-refractivity contribution in [2.45, 2.75) is 12.5 Å². The number of amides is 1. The Morgan fingerprint density at radius 2 is 2.22 bits per heavy atom. The van der Waals surface area contributed by atoms with Crippen molar-refractivity contribution < 1.29 is 4.79 Å². The second kappa shape index (κ2) is 3.68. The van der Waals surface area contributed by atoms with Crippen molar-refractivity contribution in [3.8, 4) is 0 Å². The van der Waals surface area contributed by atoms with Crippen molar-refractivity contribution in [2.24, 2.45) is 5.92 Å². The van der Waals surface area contributed by atoms with Crippen LogP contribution in [0.3, 0.4) is 0 Å². The van der Waals surface area contributed by atoms with Gasteiger partial charge in [-0.1, -0.05) is 23.5 Å². The number of nitrogens with one attached hydrogen (secondary N) is 1. The highest BCUT2D eigenvalue weighted by Gasteiger charge is 2.40. The van der Waals surface area contributed by atoms with Crippen LogP contribution in [0.4, 0.5) is 5.13 Å². The summed E-state index contributed by atoms with van der Waals surface area (Å²) in [6.07, 6.45) is 0.673. The summed E-state index contributed by atoms with van der Waals surface area (Å²) in [5.41, 5.74) is 1.07. The number of anilines is 1. The Hall–Kier alpha value is -1.62. The number of hydrogen-bond donors (Lipinski definition) is 1. The Morgan fingerprint density at radius 1 is 1.33 bits per heavy atom. The van der Waals surface area contributed by atoms with E-state index in [0.29, 0.717) is 18.4 Å². The smallest absolute Gasteiger partial charge is 0.220 e. The van der Waals surface area contributed by atoms with E-state index in [0.717, 1.165) is 23.7 Å². The van der Waals surface area contributed by atoms with Gasteiger partial charge in [-0.3, -0.25) is 4.79 Å². The maximum Gasteiger partial charge on any atom is 0.220 e. The number of carbonyl (C=O) groups excluding carboxylic acids is 1. The monoisotopic (exact) mass is 259 g/mol. The Morgan fingerprint density at radius 3 is 3.06 bits per heavy atom. The molecule has 92 valence electrons. The lowest BCUT2D eigenvalue weighted by atomic mass is 10.1. The van der Waals surface area contributed by atoms with E-state index >= 15 is 0 Å². The average molecular weight is 259 g/mol. The molecule has 2 aromatic rings. The van der Waals surface area contributed by atoms with Gasteiger partial charge < -0.3 is 10.2 Å². The van der Waals surface area contributed by atoms with Crippen LogP contribution in [-0.2, 0) is 4.79 Å². The number of fused-ring (bicyclic) bond motifs is 2. The van der Waals surface area contributed by atoms with Gasteiger partial charge in [-0.25, -0.2) is 4.98 Å². The lowest BCUT2D eigenvalue weighted by Crippen LogP contribution is -2.32. The number of nitrogens with zero attached hydrogens (tertiary/aromatic N) is 2. The molecule has 0 radical (unpaired) electrons. The van der Waals surface area contributed by atoms with Crippen LogP contribution in [0.1, 0.15) is 6.42 Å². The van der Waals surface area contributed by atoms with Crippen LogP contribution in [0.2, 0.25) is 0 Å². The zero-order valence-electron chi connectivity index (χ0n) is 9.80. The Kier molecular flexibility index (Phi) is 2.11. The van der Waals surface area contributed by atoms with Gasteiger partial charge in [0.15, 0.2) is 5.13 Å². The second-order valence-corrected chi connectivity index (χ2v) is 6.02. The fraction of sp³-hybridized carbons (Fsp3) is 0.385. The molecule has 1 aromatic heterocycles. The summed E-state index contributed by atoms with van der Waals surface area (Å²) in [5, 5.41) is 4.13. The van der Waals surface area contributed by atoms with Gasteiger partial charge in [-0.2, -0.15) is 0 Å². The van der Waals surface area contributed by atoms with Crippen molar-refractivity contribution >= 4 is 32.6 Å². The highest BCUT2D eigenvalue weighted by Crippen LogP contribution is 2.34. The molecule has 5 heteroatoms. The van der Waals surface area contributed by atoms with Gasteiger partial charge in [0.05, 0.1) is 16.3 Å². The van der Waals surface area contributed by atoms with Gasteiger partial charge in [0, 0.05) is 25.4 Å². The van der Waals surface area contributed by atoms with E-state index in [-0.39, 0.29) is 5.91 Å². The first-order chi connectivity index (χ1) is 8.79. The molecule has 1 aromatic carbocycles. The van der Waals surface area contributed by atoms with E-state index in [9.17, 15) is 4.79 Å². The number of aromatic nitrogens is 1. The van der Waals surface area contributed by atoms with Crippen LogP contribution in [0.5, 0.6) is 0 Å². The molecule has 0 unspecified atom stereocenters. The summed E-state index contributed by atoms with van der Waals surface area (Å²) in [5.74, 6) is 0.665. The molecule has 0 saturated carbocycles. The first-order valence-corrected chi connectivity index (χ1v) is 7.01. The van der Waals surface area contributed by atoms with Gasteiger partial charge in [-0.05, 0) is 12.1 Å². The lowest BCUT2D eigenvalue weighted by Gasteiger charge is -2.15. The van der Waals surface area contributed by atoms with Crippen LogP contribution >= 0.6 is 11.3 Å². The van der Waals surface area contributed by atoms with E-state index in [1.807, 2.05) is 18.2 Å². The number of rotatable bonds is 1. The maximum absolute atomic E-state index is 11.3. The molecule has 2 saturated heterocycles. The molecule has 1 N–H and O–H groups in total. The maximum atomic E-state index is 11.3. The highest BCUT2D eigenvalue weighted by molar-refractivity contribution is 7.22. The van der Waals surface area contributed by atoms with Gasteiger partial charge in [0.2, 0.25) is 5.91 Å². The van der Waals surface area contributed by atoms with Gasteiger partial charge >= 0.3 is 0 Å². The fourth-order valence-corrected chi connectivity index (χ4v) is 3.88. The van der Waals surface area contributed by atoms with Crippen LogP contribution in [-0.4, -0.2) is 30.0 Å². The SMILES string of the molecule is O=C1C[C@H]2CN(c3nc4ccccc4s3)C[C@H]2N1. The minimum Gasteiger partial charge on any atom is -0.351 e. The fourth-order valence-electron chi connectivity index (χ4n) is 2.90. The molecule has 3 heterocycles. The Bertz CT molecular complexity index is 574. The summed E-state index contributed by atoms with van der Waals surface area (Å²) >= 11 is 1.74. The minimum absolute atomic E-state index is 0.203. The van der Waals surface area contributed by atoms with Gasteiger partial charge in [0.1, 0.15) is 0 Å². The standard InChI is InChI=1S/C13H13N3OS/c17-12-5-8-6-16(7-10(8)14-12)13-15-9-3-1-2-4-11(9)18-13/h1-4,8,10H,5-7H2,(H,14,17)/t8-,10+/m0/s1. The van der Waals surface area contributed by atoms with Crippen molar-refractivity contribution in [2.75, 3.05) is 18.0 Å². The molecule has 4 rings (SSSR count). The first kappa shape index (κ1) is 10.3. The average Bonchev–Trinajstić information content (AvgIpc) is 2.98.